The minimum Gasteiger partial charge on any atom is -0.481 e. The summed E-state index contributed by atoms with van der Waals surface area (Å²) in [5.41, 5.74) is -1.47. The smallest absolute Gasteiger partial charge is 0.308 e. The molecule has 0 bridgehead atoms. The third-order valence-electron chi connectivity index (χ3n) is 13.4. The minimum absolute atomic E-state index is 0.00885. The summed E-state index contributed by atoms with van der Waals surface area (Å²) in [7, 11) is 9.03. The number of carboxylic acids is 2. The van der Waals surface area contributed by atoms with E-state index in [0.29, 0.717) is 32.1 Å². The number of rotatable bonds is 16. The van der Waals surface area contributed by atoms with Gasteiger partial charge in [0, 0.05) is 45.3 Å². The summed E-state index contributed by atoms with van der Waals surface area (Å²) in [4.78, 5) is 49.3. The van der Waals surface area contributed by atoms with Crippen molar-refractivity contribution in [1.82, 2.24) is 9.80 Å². The molecule has 0 saturated carbocycles. The number of cyclic esters (lactones) is 1. The van der Waals surface area contributed by atoms with Crippen molar-refractivity contribution in [2.24, 2.45) is 11.8 Å². The van der Waals surface area contributed by atoms with Crippen LogP contribution in [-0.4, -0.2) is 204 Å². The number of aliphatic carboxylic acids is 2. The largest absolute Gasteiger partial charge is 0.481 e. The van der Waals surface area contributed by atoms with Crippen LogP contribution in [0, 0.1) is 11.8 Å². The maximum atomic E-state index is 13.1. The number of hydrogen-bond donors (Lipinski definition) is 6. The standard InChI is InChI=1S/C43H74N2O14.C6H10O4/c1-24-21-29(19-20-46)39(59-42-37(49)36(45(9)10)38(27(4)56-42)58-35-23-43(6,51)41(50)28(5)55-35)40(52-11)31(47)22-33(48)53-25(2)15-13-12-14-16-32(24)57-34-18-17-30(44(7)8)26(3)54-34;7-5(8)3-1-2-4-6(9)10/h12-14,16,20,24-32,34-42,47,49-51H,15,17-19,21-23H2,1-11H3;1-4H2,(H,7,8)(H,9,10)/b13-12+,16-14+;/t24-,25-,26+,27-,28+,29+,30+,31-,32+,34+,35+,36-,37-,38-,39+,40+,41+,42+,43-;/m1./s1. The lowest BCUT2D eigenvalue weighted by Crippen LogP contribution is -2.65. The first-order chi connectivity index (χ1) is 32.4. The van der Waals surface area contributed by atoms with Crippen molar-refractivity contribution in [2.75, 3.05) is 35.3 Å². The SMILES string of the molecule is CO[C@@H]1[C@@H](O[C@@H]2O[C@H](C)[C@@H](O[C@H]3C[C@@](C)(O)[C@@H](O)[C@H](C)O3)[C@H](N(C)C)[C@H]2O)[C@@H](CC=O)C[C@@H](C)[C@@H](O[C@H]2CC[C@H](N(C)C)[C@H](C)O2)/C=C/C=C/C[C@@H](C)OC(=O)C[C@H]1O.O=C(O)CCCCC(=O)O. The van der Waals surface area contributed by atoms with Gasteiger partial charge in [-0.05, 0) is 107 Å². The molecule has 20 nitrogen and oxygen atoms in total. The molecule has 4 rings (SSSR count). The number of aldehydes is 1. The van der Waals surface area contributed by atoms with Gasteiger partial charge in [0.05, 0.1) is 54.7 Å². The van der Waals surface area contributed by atoms with Crippen molar-refractivity contribution in [1.29, 1.82) is 0 Å². The molecule has 4 aliphatic heterocycles. The predicted molar refractivity (Wildman–Crippen MR) is 251 cm³/mol. The Bertz CT molecular complexity index is 1610. The van der Waals surface area contributed by atoms with Crippen LogP contribution in [0.4, 0.5) is 0 Å². The monoisotopic (exact) mass is 989 g/mol. The Hall–Kier alpha value is -2.96. The second-order valence-electron chi connectivity index (χ2n) is 19.8. The molecule has 0 aromatic carbocycles. The molecule has 4 heterocycles. The van der Waals surface area contributed by atoms with Crippen LogP contribution < -0.4 is 0 Å². The zero-order valence-corrected chi connectivity index (χ0v) is 42.5. The number of esters is 1. The highest BCUT2D eigenvalue weighted by atomic mass is 16.7. The number of hydrogen-bond acceptors (Lipinski definition) is 18. The van der Waals surface area contributed by atoms with E-state index in [1.807, 2.05) is 52.2 Å². The number of unbranched alkanes of at least 4 members (excludes halogenated alkanes) is 1. The lowest BCUT2D eigenvalue weighted by atomic mass is 9.82. The van der Waals surface area contributed by atoms with Gasteiger partial charge in [0.2, 0.25) is 0 Å². The fraction of sp³-hybridized carbons (Fsp3) is 0.837. The van der Waals surface area contributed by atoms with Gasteiger partial charge in [-0.3, -0.25) is 14.4 Å². The highest BCUT2D eigenvalue weighted by Crippen LogP contribution is 2.37. The number of aliphatic hydroxyl groups is 4. The quantitative estimate of drug-likeness (QED) is 0.0737. The number of allylic oxidation sites excluding steroid dienone is 2. The summed E-state index contributed by atoms with van der Waals surface area (Å²) in [6.07, 6.45) is -0.546. The molecule has 0 amide bonds. The fourth-order valence-corrected chi connectivity index (χ4v) is 9.65. The van der Waals surface area contributed by atoms with Crippen molar-refractivity contribution >= 4 is 24.2 Å². The molecule has 69 heavy (non-hydrogen) atoms. The van der Waals surface area contributed by atoms with Crippen LogP contribution >= 0.6 is 0 Å². The second kappa shape index (κ2) is 28.9. The fourth-order valence-electron chi connectivity index (χ4n) is 9.65. The van der Waals surface area contributed by atoms with Crippen molar-refractivity contribution in [3.8, 4) is 0 Å². The highest BCUT2D eigenvalue weighted by Gasteiger charge is 2.52. The third kappa shape index (κ3) is 18.9. The van der Waals surface area contributed by atoms with E-state index in [9.17, 15) is 39.6 Å². The maximum absolute atomic E-state index is 13.1. The molecule has 6 N–H and O–H groups in total. The van der Waals surface area contributed by atoms with Crippen LogP contribution in [0.3, 0.4) is 0 Å². The van der Waals surface area contributed by atoms with Gasteiger partial charge in [0.25, 0.3) is 0 Å². The molecule has 3 saturated heterocycles. The zero-order valence-electron chi connectivity index (χ0n) is 42.5. The highest BCUT2D eigenvalue weighted by molar-refractivity contribution is 5.70. The Kier molecular flexibility index (Phi) is 25.3. The zero-order chi connectivity index (χ0) is 51.7. The summed E-state index contributed by atoms with van der Waals surface area (Å²) in [6.45, 7) is 10.8. The number of ether oxygens (including phenoxy) is 8. The number of carboxylic acid groups (broad SMARTS) is 2. The molecular formula is C49H84N2O18. The summed E-state index contributed by atoms with van der Waals surface area (Å²) in [5, 5.41) is 61.3. The first-order valence-electron chi connectivity index (χ1n) is 24.3. The van der Waals surface area contributed by atoms with Crippen LogP contribution in [-0.2, 0) is 57.1 Å². The number of methoxy groups -OCH3 is 1. The maximum Gasteiger partial charge on any atom is 0.308 e. The molecule has 0 spiro atoms. The van der Waals surface area contributed by atoms with Crippen LogP contribution in [0.15, 0.2) is 24.3 Å². The number of nitrogens with zero attached hydrogens (tertiary/aromatic N) is 2. The summed E-state index contributed by atoms with van der Waals surface area (Å²) >= 11 is 0. The van der Waals surface area contributed by atoms with Gasteiger partial charge < -0.3 is 83.1 Å². The van der Waals surface area contributed by atoms with Crippen LogP contribution in [0.25, 0.3) is 0 Å². The van der Waals surface area contributed by atoms with Crippen LogP contribution in [0.1, 0.15) is 112 Å². The molecule has 398 valence electrons. The van der Waals surface area contributed by atoms with Crippen LogP contribution in [0.5, 0.6) is 0 Å². The number of carbonyl (C=O) groups excluding carboxylic acids is 2. The van der Waals surface area contributed by atoms with E-state index >= 15 is 0 Å². The van der Waals surface area contributed by atoms with Crippen LogP contribution in [0.2, 0.25) is 0 Å². The van der Waals surface area contributed by atoms with E-state index in [4.69, 9.17) is 48.1 Å². The second-order valence-corrected chi connectivity index (χ2v) is 19.8. The molecule has 0 aromatic heterocycles. The Morgan fingerprint density at radius 2 is 1.46 bits per heavy atom. The van der Waals surface area contributed by atoms with Gasteiger partial charge in [0.1, 0.15) is 36.8 Å². The Balaban J connectivity index is 0.00000113. The average molecular weight is 989 g/mol. The van der Waals surface area contributed by atoms with Gasteiger partial charge in [-0.2, -0.15) is 0 Å². The summed E-state index contributed by atoms with van der Waals surface area (Å²) < 4.78 is 50.0. The van der Waals surface area contributed by atoms with E-state index in [0.717, 1.165) is 12.7 Å². The number of carbonyl (C=O) groups is 4. The molecule has 0 aliphatic carbocycles. The molecule has 3 fully saturated rings. The van der Waals surface area contributed by atoms with Crippen molar-refractivity contribution in [3.05, 3.63) is 24.3 Å². The molecule has 0 unspecified atom stereocenters. The predicted octanol–water partition coefficient (Wildman–Crippen LogP) is 3.04. The molecule has 0 aromatic rings. The molecule has 20 heteroatoms. The first kappa shape index (κ1) is 60.3. The summed E-state index contributed by atoms with van der Waals surface area (Å²) in [5.74, 6) is -3.21. The normalized spacial score (nSPS) is 40.5. The number of aliphatic hydroxyl groups excluding tert-OH is 3. The Labute approximate surface area is 408 Å². The molecule has 0 radical (unpaired) electrons. The average Bonchev–Trinajstić information content (AvgIpc) is 3.24. The molecule has 19 atom stereocenters. The third-order valence-corrected chi connectivity index (χ3v) is 13.4. The molecule has 4 aliphatic rings. The van der Waals surface area contributed by atoms with Gasteiger partial charge in [-0.1, -0.05) is 31.2 Å². The van der Waals surface area contributed by atoms with E-state index in [2.05, 4.69) is 4.90 Å². The van der Waals surface area contributed by atoms with E-state index in [1.54, 1.807) is 39.8 Å². The topological polar surface area (TPSA) is 270 Å². The lowest BCUT2D eigenvalue weighted by Gasteiger charge is -2.50. The van der Waals surface area contributed by atoms with Gasteiger partial charge in [0.15, 0.2) is 18.9 Å². The van der Waals surface area contributed by atoms with Gasteiger partial charge in [-0.15, -0.1) is 0 Å². The van der Waals surface area contributed by atoms with Gasteiger partial charge in [-0.25, -0.2) is 0 Å². The van der Waals surface area contributed by atoms with Crippen molar-refractivity contribution in [3.63, 3.8) is 0 Å². The lowest BCUT2D eigenvalue weighted by molar-refractivity contribution is -0.344. The van der Waals surface area contributed by atoms with E-state index in [1.165, 1.54) is 14.0 Å². The molecular weight excluding hydrogens is 905 g/mol. The first-order valence-corrected chi connectivity index (χ1v) is 24.3. The minimum atomic E-state index is -1.47. The van der Waals surface area contributed by atoms with E-state index in [-0.39, 0.29) is 43.7 Å². The van der Waals surface area contributed by atoms with Crippen molar-refractivity contribution < 1.29 is 87.7 Å². The van der Waals surface area contributed by atoms with E-state index < -0.39 is 122 Å². The number of likely N-dealkylation sites (N-methyl/N-ethyl adjacent to an activating group) is 2. The summed E-state index contributed by atoms with van der Waals surface area (Å²) in [6, 6.07) is -0.466. The Morgan fingerprint density at radius 3 is 2.01 bits per heavy atom. The van der Waals surface area contributed by atoms with Gasteiger partial charge >= 0.3 is 17.9 Å². The van der Waals surface area contributed by atoms with Crippen molar-refractivity contribution in [2.45, 2.75) is 216 Å². The Morgan fingerprint density at radius 1 is 0.826 bits per heavy atom.